The average molecular weight is 492 g/mol. The van der Waals surface area contributed by atoms with Crippen LogP contribution in [0.1, 0.15) is 49.3 Å². The molecule has 0 atom stereocenters. The van der Waals surface area contributed by atoms with Crippen LogP contribution in [-0.2, 0) is 11.3 Å². The van der Waals surface area contributed by atoms with Crippen molar-refractivity contribution in [3.05, 3.63) is 59.7 Å². The summed E-state index contributed by atoms with van der Waals surface area (Å²) in [5.74, 6) is 1.91. The molecule has 7 nitrogen and oxygen atoms in total. The van der Waals surface area contributed by atoms with Gasteiger partial charge >= 0.3 is 0 Å². The minimum absolute atomic E-state index is 0.0789. The maximum absolute atomic E-state index is 13.9. The number of methoxy groups -OCH3 is 1. The van der Waals surface area contributed by atoms with Gasteiger partial charge in [-0.15, -0.1) is 0 Å². The molecule has 2 aliphatic rings. The predicted octanol–water partition coefficient (Wildman–Crippen LogP) is 4.80. The minimum Gasteiger partial charge on any atom is -0.497 e. The molecule has 190 valence electrons. The van der Waals surface area contributed by atoms with Crippen molar-refractivity contribution in [2.45, 2.75) is 51.5 Å². The average Bonchev–Trinajstić information content (AvgIpc) is 3.34. The highest BCUT2D eigenvalue weighted by Gasteiger charge is 2.26. The van der Waals surface area contributed by atoms with Gasteiger partial charge < -0.3 is 14.5 Å². The molecule has 3 heterocycles. The van der Waals surface area contributed by atoms with Crippen LogP contribution < -0.4 is 9.64 Å². The molecule has 0 spiro atoms. The molecule has 2 fully saturated rings. The summed E-state index contributed by atoms with van der Waals surface area (Å²) in [7, 11) is 1.65. The van der Waals surface area contributed by atoms with E-state index in [0.29, 0.717) is 24.6 Å². The van der Waals surface area contributed by atoms with Crippen molar-refractivity contribution in [3.8, 4) is 17.0 Å². The van der Waals surface area contributed by atoms with Crippen LogP contribution in [0.4, 0.5) is 10.2 Å². The third kappa shape index (κ3) is 5.22. The predicted molar refractivity (Wildman–Crippen MR) is 138 cm³/mol. The first-order chi connectivity index (χ1) is 17.5. The van der Waals surface area contributed by atoms with Crippen LogP contribution in [0.3, 0.4) is 0 Å². The standard InChI is InChI=1S/C28H34FN5O2/c1-20-16-22(8-9-24(20)29)25-18-26(21-6-4-3-5-7-21)34(31-25)19-28(35)33-14-12-32(13-15-33)27-17-23(36-2)10-11-30-27/h8-11,16-18,21H,3-7,12-15,19H2,1-2H3. The molecule has 2 aromatic heterocycles. The lowest BCUT2D eigenvalue weighted by atomic mass is 9.86. The van der Waals surface area contributed by atoms with E-state index >= 15 is 0 Å². The van der Waals surface area contributed by atoms with Crippen molar-refractivity contribution < 1.29 is 13.9 Å². The first-order valence-electron chi connectivity index (χ1n) is 12.9. The zero-order valence-electron chi connectivity index (χ0n) is 21.1. The second-order valence-corrected chi connectivity index (χ2v) is 9.83. The lowest BCUT2D eigenvalue weighted by Gasteiger charge is -2.35. The monoisotopic (exact) mass is 491 g/mol. The number of carbonyl (C=O) groups is 1. The van der Waals surface area contributed by atoms with Crippen LogP contribution in [-0.4, -0.2) is 58.9 Å². The molecular formula is C28H34FN5O2. The van der Waals surface area contributed by atoms with Crippen molar-refractivity contribution in [2.75, 3.05) is 38.2 Å². The highest BCUT2D eigenvalue weighted by atomic mass is 19.1. The van der Waals surface area contributed by atoms with Gasteiger partial charge in [0, 0.05) is 55.6 Å². The van der Waals surface area contributed by atoms with E-state index in [1.165, 1.54) is 25.3 Å². The summed E-state index contributed by atoms with van der Waals surface area (Å²) < 4.78 is 21.1. The molecule has 0 radical (unpaired) electrons. The maximum Gasteiger partial charge on any atom is 0.244 e. The third-order valence-corrected chi connectivity index (χ3v) is 7.48. The van der Waals surface area contributed by atoms with E-state index < -0.39 is 0 Å². The lowest BCUT2D eigenvalue weighted by Crippen LogP contribution is -2.50. The molecule has 0 N–H and O–H groups in total. The Hall–Kier alpha value is -3.42. The molecule has 1 saturated heterocycles. The normalized spacial score (nSPS) is 16.9. The summed E-state index contributed by atoms with van der Waals surface area (Å²) in [4.78, 5) is 21.9. The number of carbonyl (C=O) groups excluding carboxylic acids is 1. The number of hydrogen-bond donors (Lipinski definition) is 0. The number of anilines is 1. The van der Waals surface area contributed by atoms with Gasteiger partial charge in [0.05, 0.1) is 12.8 Å². The SMILES string of the molecule is COc1ccnc(N2CCN(C(=O)Cn3nc(-c4ccc(F)c(C)c4)cc3C3CCCCC3)CC2)c1. The lowest BCUT2D eigenvalue weighted by molar-refractivity contribution is -0.132. The van der Waals surface area contributed by atoms with E-state index in [0.717, 1.165) is 54.4 Å². The summed E-state index contributed by atoms with van der Waals surface area (Å²) in [5, 5.41) is 4.86. The molecule has 3 aromatic rings. The Kier molecular flexibility index (Phi) is 7.20. The second kappa shape index (κ2) is 10.7. The largest absolute Gasteiger partial charge is 0.497 e. The maximum atomic E-state index is 13.9. The number of halogens is 1. The first-order valence-corrected chi connectivity index (χ1v) is 12.9. The van der Waals surface area contributed by atoms with Crippen LogP contribution in [0, 0.1) is 12.7 Å². The Morgan fingerprint density at radius 1 is 1.06 bits per heavy atom. The van der Waals surface area contributed by atoms with E-state index in [2.05, 4.69) is 16.0 Å². The number of piperazine rings is 1. The highest BCUT2D eigenvalue weighted by molar-refractivity contribution is 5.76. The molecule has 1 amide bonds. The van der Waals surface area contributed by atoms with Gasteiger partial charge in [-0.2, -0.15) is 5.10 Å². The Morgan fingerprint density at radius 2 is 1.83 bits per heavy atom. The zero-order valence-corrected chi connectivity index (χ0v) is 21.1. The van der Waals surface area contributed by atoms with Crippen molar-refractivity contribution in [2.24, 2.45) is 0 Å². The van der Waals surface area contributed by atoms with Crippen LogP contribution in [0.15, 0.2) is 42.6 Å². The third-order valence-electron chi connectivity index (χ3n) is 7.48. The summed E-state index contributed by atoms with van der Waals surface area (Å²) in [5.41, 5.74) is 3.41. The van der Waals surface area contributed by atoms with Gasteiger partial charge in [0.2, 0.25) is 5.91 Å². The van der Waals surface area contributed by atoms with Gasteiger partial charge in [-0.1, -0.05) is 19.3 Å². The number of rotatable bonds is 6. The van der Waals surface area contributed by atoms with Crippen molar-refractivity contribution in [3.63, 3.8) is 0 Å². The van der Waals surface area contributed by atoms with Gasteiger partial charge in [0.15, 0.2) is 0 Å². The first kappa shape index (κ1) is 24.3. The number of nitrogens with zero attached hydrogens (tertiary/aromatic N) is 5. The molecule has 1 aliphatic carbocycles. The number of aromatic nitrogens is 3. The summed E-state index contributed by atoms with van der Waals surface area (Å²) in [6, 6.07) is 11.0. The van der Waals surface area contributed by atoms with E-state index in [1.54, 1.807) is 26.3 Å². The van der Waals surface area contributed by atoms with Gasteiger partial charge in [-0.25, -0.2) is 9.37 Å². The fourth-order valence-corrected chi connectivity index (χ4v) is 5.34. The molecule has 36 heavy (non-hydrogen) atoms. The Bertz CT molecular complexity index is 1210. The van der Waals surface area contributed by atoms with Crippen molar-refractivity contribution >= 4 is 11.7 Å². The summed E-state index contributed by atoms with van der Waals surface area (Å²) in [6.07, 6.45) is 7.66. The molecule has 1 aromatic carbocycles. The zero-order chi connectivity index (χ0) is 25.1. The van der Waals surface area contributed by atoms with Gasteiger partial charge in [0.1, 0.15) is 23.9 Å². The van der Waals surface area contributed by atoms with Crippen LogP contribution >= 0.6 is 0 Å². The number of amides is 1. The summed E-state index contributed by atoms with van der Waals surface area (Å²) in [6.45, 7) is 4.72. The number of ether oxygens (including phenoxy) is 1. The molecule has 0 bridgehead atoms. The fraction of sp³-hybridized carbons (Fsp3) is 0.464. The molecule has 1 saturated carbocycles. The number of hydrogen-bond acceptors (Lipinski definition) is 5. The molecule has 1 aliphatic heterocycles. The summed E-state index contributed by atoms with van der Waals surface area (Å²) >= 11 is 0. The van der Waals surface area contributed by atoms with E-state index in [9.17, 15) is 9.18 Å². The van der Waals surface area contributed by atoms with Crippen LogP contribution in [0.5, 0.6) is 5.75 Å². The van der Waals surface area contributed by atoms with Crippen molar-refractivity contribution in [1.82, 2.24) is 19.7 Å². The van der Waals surface area contributed by atoms with Gasteiger partial charge in [-0.05, 0) is 55.7 Å². The molecule has 5 rings (SSSR count). The molecule has 8 heteroatoms. The van der Waals surface area contributed by atoms with Crippen molar-refractivity contribution in [1.29, 1.82) is 0 Å². The van der Waals surface area contributed by atoms with E-state index in [4.69, 9.17) is 9.84 Å². The quantitative estimate of drug-likeness (QED) is 0.496. The number of pyridine rings is 1. The van der Waals surface area contributed by atoms with Crippen LogP contribution in [0.25, 0.3) is 11.3 Å². The Morgan fingerprint density at radius 3 is 2.56 bits per heavy atom. The number of aryl methyl sites for hydroxylation is 1. The second-order valence-electron chi connectivity index (χ2n) is 9.83. The fourth-order valence-electron chi connectivity index (χ4n) is 5.34. The Labute approximate surface area is 211 Å². The van der Waals surface area contributed by atoms with E-state index in [1.807, 2.05) is 27.8 Å². The molecular weight excluding hydrogens is 457 g/mol. The Balaban J connectivity index is 1.31. The highest BCUT2D eigenvalue weighted by Crippen LogP contribution is 2.35. The smallest absolute Gasteiger partial charge is 0.244 e. The van der Waals surface area contributed by atoms with E-state index in [-0.39, 0.29) is 18.3 Å². The number of benzene rings is 1. The van der Waals surface area contributed by atoms with Gasteiger partial charge in [0.25, 0.3) is 0 Å². The minimum atomic E-state index is -0.218. The van der Waals surface area contributed by atoms with Gasteiger partial charge in [-0.3, -0.25) is 9.48 Å². The topological polar surface area (TPSA) is 63.5 Å². The molecule has 0 unspecified atom stereocenters. The van der Waals surface area contributed by atoms with Crippen LogP contribution in [0.2, 0.25) is 0 Å².